The zero-order valence-electron chi connectivity index (χ0n) is 26.3. The van der Waals surface area contributed by atoms with Crippen molar-refractivity contribution in [3.8, 4) is 56.4 Å². The van der Waals surface area contributed by atoms with Gasteiger partial charge in [0.1, 0.15) is 0 Å². The van der Waals surface area contributed by atoms with Gasteiger partial charge in [-0.3, -0.25) is 0 Å². The van der Waals surface area contributed by atoms with Crippen molar-refractivity contribution in [2.75, 3.05) is 0 Å². The normalized spacial score (nSPS) is 13.1. The first-order valence-corrected chi connectivity index (χ1v) is 16.1. The Balaban J connectivity index is 1.25. The molecule has 9 rings (SSSR count). The summed E-state index contributed by atoms with van der Waals surface area (Å²) in [6, 6.07) is 53.7. The summed E-state index contributed by atoms with van der Waals surface area (Å²) in [5.41, 5.74) is 10.7. The van der Waals surface area contributed by atoms with Crippen LogP contribution < -0.4 is 0 Å². The molecule has 3 heteroatoms. The van der Waals surface area contributed by atoms with E-state index in [1.54, 1.807) is 0 Å². The molecular formula is C44H31N3. The van der Waals surface area contributed by atoms with Gasteiger partial charge in [-0.15, -0.1) is 0 Å². The SMILES string of the molecule is CC1(C)c2ccccc2-c2cc3c(-c4ccc(-c5nc(-c6ccccc6)nc(-c6ccccc6)n5)c5ccccc45)cccc3cc21. The minimum absolute atomic E-state index is 0.0355. The number of benzene rings is 7. The predicted molar refractivity (Wildman–Crippen MR) is 194 cm³/mol. The highest BCUT2D eigenvalue weighted by molar-refractivity contribution is 6.10. The van der Waals surface area contributed by atoms with E-state index in [9.17, 15) is 0 Å². The highest BCUT2D eigenvalue weighted by Crippen LogP contribution is 2.50. The second kappa shape index (κ2) is 10.6. The quantitative estimate of drug-likeness (QED) is 0.201. The molecule has 0 fully saturated rings. The van der Waals surface area contributed by atoms with Crippen LogP contribution in [-0.2, 0) is 5.41 Å². The third kappa shape index (κ3) is 4.39. The lowest BCUT2D eigenvalue weighted by molar-refractivity contribution is 0.661. The third-order valence-electron chi connectivity index (χ3n) is 9.74. The van der Waals surface area contributed by atoms with Gasteiger partial charge in [0.05, 0.1) is 0 Å². The Morgan fingerprint density at radius 1 is 0.362 bits per heavy atom. The number of nitrogens with zero attached hydrogens (tertiary/aromatic N) is 3. The largest absolute Gasteiger partial charge is 0.208 e. The van der Waals surface area contributed by atoms with Crippen molar-refractivity contribution >= 4 is 21.5 Å². The van der Waals surface area contributed by atoms with Crippen LogP contribution in [-0.4, -0.2) is 15.0 Å². The molecule has 222 valence electrons. The molecule has 0 N–H and O–H groups in total. The topological polar surface area (TPSA) is 38.7 Å². The van der Waals surface area contributed by atoms with Gasteiger partial charge in [0.25, 0.3) is 0 Å². The summed E-state index contributed by atoms with van der Waals surface area (Å²) in [5.74, 6) is 1.98. The first-order valence-electron chi connectivity index (χ1n) is 16.1. The predicted octanol–water partition coefficient (Wildman–Crippen LogP) is 11.2. The van der Waals surface area contributed by atoms with Crippen molar-refractivity contribution in [3.05, 3.63) is 163 Å². The molecule has 0 saturated carbocycles. The maximum Gasteiger partial charge on any atom is 0.164 e. The molecule has 0 atom stereocenters. The van der Waals surface area contributed by atoms with Crippen LogP contribution in [0.2, 0.25) is 0 Å². The van der Waals surface area contributed by atoms with Crippen LogP contribution in [0.25, 0.3) is 78.0 Å². The van der Waals surface area contributed by atoms with E-state index in [1.807, 2.05) is 60.7 Å². The zero-order valence-corrected chi connectivity index (χ0v) is 26.3. The van der Waals surface area contributed by atoms with Gasteiger partial charge in [0.2, 0.25) is 0 Å². The fourth-order valence-corrected chi connectivity index (χ4v) is 7.37. The maximum absolute atomic E-state index is 5.05. The van der Waals surface area contributed by atoms with Crippen LogP contribution in [0.3, 0.4) is 0 Å². The Bertz CT molecular complexity index is 2420. The molecule has 1 aliphatic rings. The van der Waals surface area contributed by atoms with E-state index < -0.39 is 0 Å². The number of aromatic nitrogens is 3. The van der Waals surface area contributed by atoms with E-state index in [0.29, 0.717) is 17.5 Å². The van der Waals surface area contributed by atoms with E-state index in [0.717, 1.165) is 22.1 Å². The van der Waals surface area contributed by atoms with Gasteiger partial charge in [-0.1, -0.05) is 147 Å². The smallest absolute Gasteiger partial charge is 0.164 e. The molecule has 0 bridgehead atoms. The van der Waals surface area contributed by atoms with Crippen LogP contribution in [0, 0.1) is 0 Å². The maximum atomic E-state index is 5.05. The molecule has 0 radical (unpaired) electrons. The number of fused-ring (bicyclic) bond motifs is 5. The number of hydrogen-bond donors (Lipinski definition) is 0. The van der Waals surface area contributed by atoms with Crippen molar-refractivity contribution in [2.24, 2.45) is 0 Å². The van der Waals surface area contributed by atoms with Crippen LogP contribution in [0.5, 0.6) is 0 Å². The van der Waals surface area contributed by atoms with Crippen LogP contribution in [0.4, 0.5) is 0 Å². The Kier molecular flexibility index (Phi) is 6.16. The fraction of sp³-hybridized carbons (Fsp3) is 0.0682. The molecule has 0 spiro atoms. The molecular weight excluding hydrogens is 571 g/mol. The molecule has 0 unspecified atom stereocenters. The lowest BCUT2D eigenvalue weighted by Crippen LogP contribution is -2.14. The van der Waals surface area contributed by atoms with Crippen LogP contribution in [0.15, 0.2) is 152 Å². The summed E-state index contributed by atoms with van der Waals surface area (Å²) in [5, 5.41) is 4.79. The molecule has 1 heterocycles. The average Bonchev–Trinajstić information content (AvgIpc) is 3.36. The first-order chi connectivity index (χ1) is 23.1. The third-order valence-corrected chi connectivity index (χ3v) is 9.74. The van der Waals surface area contributed by atoms with E-state index in [1.165, 1.54) is 49.5 Å². The van der Waals surface area contributed by atoms with Gasteiger partial charge < -0.3 is 0 Å². The van der Waals surface area contributed by atoms with Crippen molar-refractivity contribution in [1.29, 1.82) is 0 Å². The van der Waals surface area contributed by atoms with E-state index in [4.69, 9.17) is 15.0 Å². The standard InChI is InChI=1S/C44H31N3/c1-44(2)39-23-12-11-21-35(39)38-27-37-30(26-40(38)44)18-13-22-33(37)34-24-25-36(32-20-10-9-19-31(32)34)43-46-41(28-14-5-3-6-15-28)45-42(47-43)29-16-7-4-8-17-29/h3-27H,1-2H3. The Morgan fingerprint density at radius 2 is 0.894 bits per heavy atom. The van der Waals surface area contributed by atoms with Gasteiger partial charge in [0.15, 0.2) is 17.5 Å². The van der Waals surface area contributed by atoms with E-state index in [2.05, 4.69) is 105 Å². The molecule has 0 aliphatic heterocycles. The van der Waals surface area contributed by atoms with Crippen LogP contribution in [0.1, 0.15) is 25.0 Å². The van der Waals surface area contributed by atoms with Gasteiger partial charge in [-0.2, -0.15) is 0 Å². The minimum atomic E-state index is -0.0355. The lowest BCUT2D eigenvalue weighted by Gasteiger charge is -2.22. The van der Waals surface area contributed by atoms with Crippen molar-refractivity contribution in [2.45, 2.75) is 19.3 Å². The Hall–Kier alpha value is -5.93. The molecule has 1 aliphatic carbocycles. The molecule has 1 aromatic heterocycles. The summed E-state index contributed by atoms with van der Waals surface area (Å²) in [7, 11) is 0. The second-order valence-corrected chi connectivity index (χ2v) is 12.8. The molecule has 0 amide bonds. The highest BCUT2D eigenvalue weighted by atomic mass is 15.0. The molecule has 3 nitrogen and oxygen atoms in total. The monoisotopic (exact) mass is 601 g/mol. The summed E-state index contributed by atoms with van der Waals surface area (Å²) in [6.45, 7) is 4.68. The highest BCUT2D eigenvalue weighted by Gasteiger charge is 2.35. The van der Waals surface area contributed by atoms with Gasteiger partial charge in [-0.05, 0) is 73.1 Å². The fourth-order valence-electron chi connectivity index (χ4n) is 7.37. The number of rotatable bonds is 4. The van der Waals surface area contributed by atoms with Crippen molar-refractivity contribution in [1.82, 2.24) is 15.0 Å². The lowest BCUT2D eigenvalue weighted by atomic mass is 9.81. The van der Waals surface area contributed by atoms with Crippen molar-refractivity contribution < 1.29 is 0 Å². The van der Waals surface area contributed by atoms with Gasteiger partial charge in [-0.25, -0.2) is 15.0 Å². The summed E-state index contributed by atoms with van der Waals surface area (Å²) in [4.78, 5) is 15.0. The Labute approximate surface area is 274 Å². The van der Waals surface area contributed by atoms with E-state index in [-0.39, 0.29) is 5.41 Å². The molecule has 7 aromatic carbocycles. The average molecular weight is 602 g/mol. The van der Waals surface area contributed by atoms with E-state index >= 15 is 0 Å². The van der Waals surface area contributed by atoms with Crippen molar-refractivity contribution in [3.63, 3.8) is 0 Å². The molecule has 47 heavy (non-hydrogen) atoms. The second-order valence-electron chi connectivity index (χ2n) is 12.8. The number of hydrogen-bond acceptors (Lipinski definition) is 3. The Morgan fingerprint density at radius 3 is 1.60 bits per heavy atom. The summed E-state index contributed by atoms with van der Waals surface area (Å²) in [6.07, 6.45) is 0. The summed E-state index contributed by atoms with van der Waals surface area (Å²) < 4.78 is 0. The zero-order chi connectivity index (χ0) is 31.5. The van der Waals surface area contributed by atoms with Crippen LogP contribution >= 0.6 is 0 Å². The molecule has 0 saturated heterocycles. The summed E-state index contributed by atoms with van der Waals surface area (Å²) >= 11 is 0. The first kappa shape index (κ1) is 27.4. The van der Waals surface area contributed by atoms with Gasteiger partial charge in [0, 0.05) is 22.1 Å². The molecule has 8 aromatic rings. The minimum Gasteiger partial charge on any atom is -0.208 e. The van der Waals surface area contributed by atoms with Gasteiger partial charge >= 0.3 is 0 Å².